The molecule has 0 amide bonds. The summed E-state index contributed by atoms with van der Waals surface area (Å²) >= 11 is 0. The molecule has 0 aliphatic carbocycles. The fraction of sp³-hybridized carbons (Fsp3) is 0.176. The minimum absolute atomic E-state index is 0.570. The van der Waals surface area contributed by atoms with Crippen molar-refractivity contribution in [1.82, 2.24) is 4.57 Å². The summed E-state index contributed by atoms with van der Waals surface area (Å²) in [6.45, 7) is 3.56. The van der Waals surface area contributed by atoms with Gasteiger partial charge in [-0.2, -0.15) is 0 Å². The number of benzene rings is 2. The van der Waals surface area contributed by atoms with Crippen LogP contribution in [0.2, 0.25) is 0 Å². The van der Waals surface area contributed by atoms with E-state index in [4.69, 9.17) is 5.73 Å². The molecule has 0 bridgehead atoms. The van der Waals surface area contributed by atoms with E-state index >= 15 is 0 Å². The van der Waals surface area contributed by atoms with Crippen molar-refractivity contribution < 1.29 is 0 Å². The molecule has 3 rings (SSSR count). The van der Waals surface area contributed by atoms with Gasteiger partial charge in [0.05, 0.1) is 0 Å². The Labute approximate surface area is 113 Å². The minimum atomic E-state index is 0.570. The van der Waals surface area contributed by atoms with Crippen molar-refractivity contribution in [2.45, 2.75) is 20.0 Å². The second-order valence-corrected chi connectivity index (χ2v) is 4.97. The average molecular weight is 250 g/mol. The van der Waals surface area contributed by atoms with Crippen molar-refractivity contribution in [2.24, 2.45) is 5.73 Å². The molecule has 19 heavy (non-hydrogen) atoms. The van der Waals surface area contributed by atoms with Crippen LogP contribution in [0.4, 0.5) is 0 Å². The molecule has 0 atom stereocenters. The quantitative estimate of drug-likeness (QED) is 0.758. The van der Waals surface area contributed by atoms with Gasteiger partial charge in [-0.1, -0.05) is 48.0 Å². The number of hydrogen-bond acceptors (Lipinski definition) is 1. The van der Waals surface area contributed by atoms with Crippen LogP contribution in [0.1, 0.15) is 16.8 Å². The summed E-state index contributed by atoms with van der Waals surface area (Å²) in [5.41, 5.74) is 10.9. The van der Waals surface area contributed by atoms with Gasteiger partial charge in [0.25, 0.3) is 0 Å². The number of fused-ring (bicyclic) bond motifs is 1. The minimum Gasteiger partial charge on any atom is -0.339 e. The number of aromatic nitrogens is 1. The second-order valence-electron chi connectivity index (χ2n) is 4.97. The topological polar surface area (TPSA) is 30.9 Å². The van der Waals surface area contributed by atoms with Crippen LogP contribution in [0.15, 0.2) is 54.6 Å². The number of rotatable bonds is 3. The lowest BCUT2D eigenvalue weighted by molar-refractivity contribution is 0.768. The molecule has 96 valence electrons. The van der Waals surface area contributed by atoms with E-state index in [0.29, 0.717) is 6.54 Å². The third kappa shape index (κ3) is 2.27. The van der Waals surface area contributed by atoms with Gasteiger partial charge in [-0.15, -0.1) is 0 Å². The van der Waals surface area contributed by atoms with Crippen LogP contribution < -0.4 is 5.73 Å². The lowest BCUT2D eigenvalue weighted by Crippen LogP contribution is -2.08. The summed E-state index contributed by atoms with van der Waals surface area (Å²) in [6.07, 6.45) is 0. The summed E-state index contributed by atoms with van der Waals surface area (Å²) < 4.78 is 2.31. The van der Waals surface area contributed by atoms with E-state index < -0.39 is 0 Å². The van der Waals surface area contributed by atoms with Crippen LogP contribution >= 0.6 is 0 Å². The summed E-state index contributed by atoms with van der Waals surface area (Å²) in [6, 6.07) is 19.3. The number of aryl methyl sites for hydroxylation is 1. The van der Waals surface area contributed by atoms with Gasteiger partial charge in [-0.25, -0.2) is 0 Å². The maximum Gasteiger partial charge on any atom is 0.0486 e. The summed E-state index contributed by atoms with van der Waals surface area (Å²) in [5.74, 6) is 0. The Kier molecular flexibility index (Phi) is 3.10. The van der Waals surface area contributed by atoms with Gasteiger partial charge in [0.1, 0.15) is 0 Å². The monoisotopic (exact) mass is 250 g/mol. The fourth-order valence-corrected chi connectivity index (χ4v) is 2.50. The van der Waals surface area contributed by atoms with Gasteiger partial charge >= 0.3 is 0 Å². The molecule has 2 heteroatoms. The molecule has 3 aromatic rings. The SMILES string of the molecule is Cc1ccc(Cn2c(CN)cc3ccccc32)cc1. The first-order valence-electron chi connectivity index (χ1n) is 6.60. The van der Waals surface area contributed by atoms with E-state index in [1.54, 1.807) is 0 Å². The van der Waals surface area contributed by atoms with Crippen LogP contribution in [0.25, 0.3) is 10.9 Å². The zero-order valence-corrected chi connectivity index (χ0v) is 11.1. The second kappa shape index (κ2) is 4.90. The first-order valence-corrected chi connectivity index (χ1v) is 6.60. The van der Waals surface area contributed by atoms with E-state index in [1.807, 2.05) is 0 Å². The highest BCUT2D eigenvalue weighted by Gasteiger charge is 2.07. The van der Waals surface area contributed by atoms with Gasteiger partial charge < -0.3 is 10.3 Å². The van der Waals surface area contributed by atoms with Crippen LogP contribution in [-0.2, 0) is 13.1 Å². The zero-order chi connectivity index (χ0) is 13.2. The molecule has 0 fully saturated rings. The summed E-state index contributed by atoms with van der Waals surface area (Å²) in [5, 5.41) is 1.26. The molecule has 0 saturated heterocycles. The van der Waals surface area contributed by atoms with Crippen molar-refractivity contribution in [2.75, 3.05) is 0 Å². The maximum atomic E-state index is 5.87. The fourth-order valence-electron chi connectivity index (χ4n) is 2.50. The van der Waals surface area contributed by atoms with E-state index in [9.17, 15) is 0 Å². The lowest BCUT2D eigenvalue weighted by Gasteiger charge is -2.10. The predicted octanol–water partition coefficient (Wildman–Crippen LogP) is 3.46. The van der Waals surface area contributed by atoms with E-state index in [-0.39, 0.29) is 0 Å². The molecular weight excluding hydrogens is 232 g/mol. The number of hydrogen-bond donors (Lipinski definition) is 1. The molecule has 0 aliphatic rings. The standard InChI is InChI=1S/C17H18N2/c1-13-6-8-14(9-7-13)12-19-16(11-18)10-15-4-2-3-5-17(15)19/h2-10H,11-12,18H2,1H3. The molecule has 1 heterocycles. The van der Waals surface area contributed by atoms with Crippen molar-refractivity contribution in [3.63, 3.8) is 0 Å². The van der Waals surface area contributed by atoms with Crippen molar-refractivity contribution in [3.8, 4) is 0 Å². The van der Waals surface area contributed by atoms with Crippen LogP contribution in [0, 0.1) is 6.92 Å². The van der Waals surface area contributed by atoms with Crippen molar-refractivity contribution in [1.29, 1.82) is 0 Å². The van der Waals surface area contributed by atoms with Crippen molar-refractivity contribution in [3.05, 3.63) is 71.4 Å². The maximum absolute atomic E-state index is 5.87. The third-order valence-electron chi connectivity index (χ3n) is 3.57. The van der Waals surface area contributed by atoms with Crippen LogP contribution in [-0.4, -0.2) is 4.57 Å². The van der Waals surface area contributed by atoms with Crippen LogP contribution in [0.5, 0.6) is 0 Å². The highest BCUT2D eigenvalue weighted by Crippen LogP contribution is 2.21. The third-order valence-corrected chi connectivity index (χ3v) is 3.57. The summed E-state index contributed by atoms with van der Waals surface area (Å²) in [7, 11) is 0. The van der Waals surface area contributed by atoms with Gasteiger partial charge in [0.2, 0.25) is 0 Å². The largest absolute Gasteiger partial charge is 0.339 e. The number of nitrogens with zero attached hydrogens (tertiary/aromatic N) is 1. The van der Waals surface area contributed by atoms with Crippen molar-refractivity contribution >= 4 is 10.9 Å². The average Bonchev–Trinajstić information content (AvgIpc) is 2.79. The first kappa shape index (κ1) is 12.0. The summed E-state index contributed by atoms with van der Waals surface area (Å²) in [4.78, 5) is 0. The molecule has 0 spiro atoms. The molecule has 0 saturated carbocycles. The molecule has 2 nitrogen and oxygen atoms in total. The molecule has 0 radical (unpaired) electrons. The van der Waals surface area contributed by atoms with Crippen LogP contribution in [0.3, 0.4) is 0 Å². The highest BCUT2D eigenvalue weighted by molar-refractivity contribution is 5.81. The number of para-hydroxylation sites is 1. The first-order chi connectivity index (χ1) is 9.28. The normalized spacial score (nSPS) is 11.1. The Morgan fingerprint density at radius 1 is 1.00 bits per heavy atom. The Balaban J connectivity index is 2.06. The molecule has 2 aromatic carbocycles. The Morgan fingerprint density at radius 3 is 2.47 bits per heavy atom. The molecule has 1 aromatic heterocycles. The Morgan fingerprint density at radius 2 is 1.74 bits per heavy atom. The molecule has 0 unspecified atom stereocenters. The van der Waals surface area contributed by atoms with Gasteiger partial charge in [-0.05, 0) is 30.0 Å². The van der Waals surface area contributed by atoms with E-state index in [2.05, 4.69) is 66.1 Å². The predicted molar refractivity (Wildman–Crippen MR) is 80.1 cm³/mol. The Bertz CT molecular complexity index is 693. The molecular formula is C17H18N2. The van der Waals surface area contributed by atoms with E-state index in [0.717, 1.165) is 6.54 Å². The van der Waals surface area contributed by atoms with E-state index in [1.165, 1.54) is 27.7 Å². The lowest BCUT2D eigenvalue weighted by atomic mass is 10.1. The van der Waals surface area contributed by atoms with Gasteiger partial charge in [0.15, 0.2) is 0 Å². The molecule has 0 aliphatic heterocycles. The highest BCUT2D eigenvalue weighted by atomic mass is 15.0. The molecule has 2 N–H and O–H groups in total. The van der Waals surface area contributed by atoms with Gasteiger partial charge in [-0.3, -0.25) is 0 Å². The zero-order valence-electron chi connectivity index (χ0n) is 11.1. The van der Waals surface area contributed by atoms with Gasteiger partial charge in [0, 0.05) is 24.3 Å². The smallest absolute Gasteiger partial charge is 0.0486 e. The Hall–Kier alpha value is -2.06. The number of nitrogens with two attached hydrogens (primary N) is 1.